The molecule has 0 spiro atoms. The number of fused-ring (bicyclic) bond motifs is 1. The van der Waals surface area contributed by atoms with Gasteiger partial charge in [0, 0.05) is 17.1 Å². The number of anilines is 2. The third-order valence-corrected chi connectivity index (χ3v) is 5.68. The number of carboxylic acid groups (broad SMARTS) is 1. The number of carboxylic acids is 1. The number of carbonyl (C=O) groups excluding carboxylic acids is 1. The molecule has 0 aliphatic heterocycles. The van der Waals surface area contributed by atoms with E-state index in [4.69, 9.17) is 0 Å². The third kappa shape index (κ3) is 3.85. The van der Waals surface area contributed by atoms with E-state index in [1.165, 1.54) is 11.3 Å². The largest absolute Gasteiger partial charge is 0.478 e. The number of carbonyl (C=O) groups is 2. The zero-order valence-corrected chi connectivity index (χ0v) is 15.1. The molecule has 6 heteroatoms. The normalized spacial score (nSPS) is 13.2. The molecule has 25 heavy (non-hydrogen) atoms. The van der Waals surface area contributed by atoms with E-state index in [0.717, 1.165) is 41.8 Å². The molecule has 1 amide bonds. The fourth-order valence-corrected chi connectivity index (χ4v) is 4.54. The summed E-state index contributed by atoms with van der Waals surface area (Å²) in [6.45, 7) is 2.89. The molecule has 2 aromatic rings. The summed E-state index contributed by atoms with van der Waals surface area (Å²) in [5.41, 5.74) is 2.18. The average molecular weight is 358 g/mol. The molecule has 1 aliphatic carbocycles. The molecule has 0 fully saturated rings. The van der Waals surface area contributed by atoms with Crippen LogP contribution in [-0.4, -0.2) is 30.1 Å². The van der Waals surface area contributed by atoms with Gasteiger partial charge in [-0.3, -0.25) is 4.79 Å². The highest BCUT2D eigenvalue weighted by atomic mass is 32.1. The van der Waals surface area contributed by atoms with Crippen molar-refractivity contribution in [3.05, 3.63) is 46.3 Å². The van der Waals surface area contributed by atoms with Gasteiger partial charge in [0.15, 0.2) is 0 Å². The molecule has 1 aliphatic rings. The number of likely N-dealkylation sites (N-methyl/N-ethyl adjacent to an activating group) is 1. The number of rotatable bonds is 6. The van der Waals surface area contributed by atoms with Crippen LogP contribution in [0.5, 0.6) is 0 Å². The molecule has 5 nitrogen and oxygen atoms in total. The van der Waals surface area contributed by atoms with Crippen molar-refractivity contribution in [2.45, 2.75) is 32.6 Å². The van der Waals surface area contributed by atoms with E-state index in [9.17, 15) is 14.7 Å². The van der Waals surface area contributed by atoms with Crippen molar-refractivity contribution in [3.8, 4) is 0 Å². The van der Waals surface area contributed by atoms with Crippen LogP contribution in [0.1, 0.15) is 40.6 Å². The number of hydrogen-bond donors (Lipinski definition) is 2. The van der Waals surface area contributed by atoms with E-state index in [-0.39, 0.29) is 18.0 Å². The van der Waals surface area contributed by atoms with Gasteiger partial charge in [0.2, 0.25) is 5.91 Å². The quantitative estimate of drug-likeness (QED) is 0.824. The number of amides is 1. The number of nitrogens with one attached hydrogen (secondary N) is 1. The van der Waals surface area contributed by atoms with E-state index in [1.807, 2.05) is 42.2 Å². The highest BCUT2D eigenvalue weighted by Gasteiger charge is 2.26. The first-order valence-electron chi connectivity index (χ1n) is 8.57. The lowest BCUT2D eigenvalue weighted by molar-refractivity contribution is -0.114. The predicted octanol–water partition coefficient (Wildman–Crippen LogP) is 3.79. The second-order valence-corrected chi connectivity index (χ2v) is 7.22. The minimum absolute atomic E-state index is 0.188. The number of aromatic carboxylic acids is 1. The second-order valence-electron chi connectivity index (χ2n) is 6.12. The lowest BCUT2D eigenvalue weighted by atomic mass is 9.95. The van der Waals surface area contributed by atoms with Crippen LogP contribution in [0.3, 0.4) is 0 Å². The molecule has 0 atom stereocenters. The lowest BCUT2D eigenvalue weighted by Crippen LogP contribution is -2.33. The topological polar surface area (TPSA) is 69.6 Å². The first-order valence-corrected chi connectivity index (χ1v) is 9.39. The minimum atomic E-state index is -0.954. The van der Waals surface area contributed by atoms with E-state index < -0.39 is 5.97 Å². The molecule has 0 radical (unpaired) electrons. The maximum atomic E-state index is 12.5. The van der Waals surface area contributed by atoms with Gasteiger partial charge in [-0.2, -0.15) is 0 Å². The zero-order chi connectivity index (χ0) is 17.8. The predicted molar refractivity (Wildman–Crippen MR) is 101 cm³/mol. The van der Waals surface area contributed by atoms with Crippen molar-refractivity contribution in [2.24, 2.45) is 0 Å². The molecule has 1 heterocycles. The average Bonchev–Trinajstić information content (AvgIpc) is 2.98. The minimum Gasteiger partial charge on any atom is -0.478 e. The number of thiophene rings is 1. The summed E-state index contributed by atoms with van der Waals surface area (Å²) in [6.07, 6.45) is 3.78. The number of nitrogens with zero attached hydrogens (tertiary/aromatic N) is 1. The molecule has 0 saturated heterocycles. The van der Waals surface area contributed by atoms with Crippen molar-refractivity contribution in [1.82, 2.24) is 0 Å². The maximum Gasteiger partial charge on any atom is 0.339 e. The standard InChI is InChI=1S/C19H22N2O3S/c1-2-21(13-8-4-3-5-9-13)12-16(22)20-18-17(19(23)24)14-10-6-7-11-15(14)25-18/h3-5,8-9H,2,6-7,10-12H2,1H3,(H,20,22)(H,23,24). The van der Waals surface area contributed by atoms with Crippen molar-refractivity contribution in [1.29, 1.82) is 0 Å². The Morgan fingerprint density at radius 1 is 1.20 bits per heavy atom. The summed E-state index contributed by atoms with van der Waals surface area (Å²) >= 11 is 1.42. The molecule has 3 rings (SSSR count). The highest BCUT2D eigenvalue weighted by molar-refractivity contribution is 7.17. The molecule has 1 aromatic carbocycles. The van der Waals surface area contributed by atoms with Gasteiger partial charge < -0.3 is 15.3 Å². The summed E-state index contributed by atoms with van der Waals surface area (Å²) in [4.78, 5) is 27.3. The number of benzene rings is 1. The van der Waals surface area contributed by atoms with Crippen molar-refractivity contribution >= 4 is 33.9 Å². The van der Waals surface area contributed by atoms with Gasteiger partial charge in [-0.05, 0) is 50.3 Å². The Morgan fingerprint density at radius 2 is 1.92 bits per heavy atom. The van der Waals surface area contributed by atoms with Crippen LogP contribution < -0.4 is 10.2 Å². The second kappa shape index (κ2) is 7.70. The van der Waals surface area contributed by atoms with Crippen LogP contribution in [0, 0.1) is 0 Å². The van der Waals surface area contributed by atoms with Crippen molar-refractivity contribution in [3.63, 3.8) is 0 Å². The number of aryl methyl sites for hydroxylation is 1. The smallest absolute Gasteiger partial charge is 0.339 e. The first-order chi connectivity index (χ1) is 12.1. The Kier molecular flexibility index (Phi) is 5.38. The van der Waals surface area contributed by atoms with Crippen LogP contribution in [0.25, 0.3) is 0 Å². The van der Waals surface area contributed by atoms with Gasteiger partial charge in [-0.15, -0.1) is 11.3 Å². The Morgan fingerprint density at radius 3 is 2.60 bits per heavy atom. The Balaban J connectivity index is 1.77. The van der Waals surface area contributed by atoms with Gasteiger partial charge in [-0.1, -0.05) is 18.2 Å². The molecule has 2 N–H and O–H groups in total. The zero-order valence-electron chi connectivity index (χ0n) is 14.2. The van der Waals surface area contributed by atoms with Gasteiger partial charge >= 0.3 is 5.97 Å². The van der Waals surface area contributed by atoms with E-state index >= 15 is 0 Å². The summed E-state index contributed by atoms with van der Waals surface area (Å²) in [6, 6.07) is 9.73. The molecule has 0 bridgehead atoms. The lowest BCUT2D eigenvalue weighted by Gasteiger charge is -2.22. The van der Waals surface area contributed by atoms with Crippen LogP contribution in [0.15, 0.2) is 30.3 Å². The van der Waals surface area contributed by atoms with Crippen LogP contribution >= 0.6 is 11.3 Å². The van der Waals surface area contributed by atoms with E-state index in [0.29, 0.717) is 11.5 Å². The summed E-state index contributed by atoms with van der Waals surface area (Å²) in [5, 5.41) is 12.9. The van der Waals surface area contributed by atoms with Gasteiger partial charge in [0.25, 0.3) is 0 Å². The number of hydrogen-bond acceptors (Lipinski definition) is 4. The fourth-order valence-electron chi connectivity index (χ4n) is 3.24. The summed E-state index contributed by atoms with van der Waals surface area (Å²) in [7, 11) is 0. The Bertz CT molecular complexity index is 770. The molecular weight excluding hydrogens is 336 g/mol. The van der Waals surface area contributed by atoms with E-state index in [1.54, 1.807) is 0 Å². The van der Waals surface area contributed by atoms with Crippen molar-refractivity contribution in [2.75, 3.05) is 23.3 Å². The highest BCUT2D eigenvalue weighted by Crippen LogP contribution is 2.38. The Hall–Kier alpha value is -2.34. The van der Waals surface area contributed by atoms with Gasteiger partial charge in [0.05, 0.1) is 12.1 Å². The summed E-state index contributed by atoms with van der Waals surface area (Å²) in [5.74, 6) is -1.14. The van der Waals surface area contributed by atoms with Gasteiger partial charge in [0.1, 0.15) is 5.00 Å². The fraction of sp³-hybridized carbons (Fsp3) is 0.368. The monoisotopic (exact) mass is 358 g/mol. The third-order valence-electron chi connectivity index (χ3n) is 4.48. The number of para-hydroxylation sites is 1. The van der Waals surface area contributed by atoms with Crippen LogP contribution in [0.2, 0.25) is 0 Å². The molecule has 1 aromatic heterocycles. The molecule has 132 valence electrons. The molecule has 0 unspecified atom stereocenters. The van der Waals surface area contributed by atoms with E-state index in [2.05, 4.69) is 5.32 Å². The SMILES string of the molecule is CCN(CC(=O)Nc1sc2c(c1C(=O)O)CCCC2)c1ccccc1. The maximum absolute atomic E-state index is 12.5. The Labute approximate surface area is 151 Å². The molecular formula is C19H22N2O3S. The van der Waals surface area contributed by atoms with Crippen LogP contribution in [0.4, 0.5) is 10.7 Å². The molecule has 0 saturated carbocycles. The van der Waals surface area contributed by atoms with Gasteiger partial charge in [-0.25, -0.2) is 4.79 Å². The summed E-state index contributed by atoms with van der Waals surface area (Å²) < 4.78 is 0. The van der Waals surface area contributed by atoms with Crippen molar-refractivity contribution < 1.29 is 14.7 Å². The van der Waals surface area contributed by atoms with Crippen LogP contribution in [-0.2, 0) is 17.6 Å². The first kappa shape index (κ1) is 17.5.